The van der Waals surface area contributed by atoms with Gasteiger partial charge in [0.1, 0.15) is 0 Å². The Kier molecular flexibility index (Phi) is 4.25. The van der Waals surface area contributed by atoms with E-state index in [1.54, 1.807) is 11.3 Å². The number of aliphatic hydroxyl groups is 1. The van der Waals surface area contributed by atoms with Crippen molar-refractivity contribution in [1.29, 1.82) is 0 Å². The van der Waals surface area contributed by atoms with Crippen LogP contribution in [0.1, 0.15) is 28.9 Å². The van der Waals surface area contributed by atoms with E-state index in [9.17, 15) is 5.11 Å². The van der Waals surface area contributed by atoms with Gasteiger partial charge in [-0.05, 0) is 40.8 Å². The van der Waals surface area contributed by atoms with Crippen LogP contribution in [0.2, 0.25) is 0 Å². The monoisotopic (exact) mass is 228 g/mol. The predicted octanol–water partition coefficient (Wildman–Crippen LogP) is 1.66. The average Bonchev–Trinajstić information content (AvgIpc) is 2.41. The van der Waals surface area contributed by atoms with E-state index in [4.69, 9.17) is 0 Å². The molecule has 0 aromatic carbocycles. The molecule has 0 aliphatic carbocycles. The van der Waals surface area contributed by atoms with Gasteiger partial charge >= 0.3 is 0 Å². The van der Waals surface area contributed by atoms with Gasteiger partial charge in [0.2, 0.25) is 0 Å². The Morgan fingerprint density at radius 1 is 1.47 bits per heavy atom. The minimum Gasteiger partial charge on any atom is -0.390 e. The standard InChI is InChI=1S/C11H20N2OS/c1-8-9(2)15-10(13-8)7-11(3,14)5-6-12-4/h12,14H,5-7H2,1-4H3. The summed E-state index contributed by atoms with van der Waals surface area (Å²) in [6, 6.07) is 0. The van der Waals surface area contributed by atoms with Gasteiger partial charge in [-0.25, -0.2) is 4.98 Å². The Bertz CT molecular complexity index is 301. The topological polar surface area (TPSA) is 45.1 Å². The second-order valence-corrected chi connectivity index (χ2v) is 5.56. The summed E-state index contributed by atoms with van der Waals surface area (Å²) in [4.78, 5) is 5.69. The molecule has 3 nitrogen and oxygen atoms in total. The van der Waals surface area contributed by atoms with E-state index in [0.29, 0.717) is 6.42 Å². The highest BCUT2D eigenvalue weighted by molar-refractivity contribution is 7.11. The van der Waals surface area contributed by atoms with Gasteiger partial charge in [0.25, 0.3) is 0 Å². The lowest BCUT2D eigenvalue weighted by Gasteiger charge is -2.21. The largest absolute Gasteiger partial charge is 0.390 e. The number of thiazole rings is 1. The normalized spacial score (nSPS) is 15.3. The number of aromatic nitrogens is 1. The van der Waals surface area contributed by atoms with Crippen molar-refractivity contribution in [3.63, 3.8) is 0 Å². The van der Waals surface area contributed by atoms with Crippen LogP contribution in [0, 0.1) is 13.8 Å². The molecule has 2 N–H and O–H groups in total. The lowest BCUT2D eigenvalue weighted by Crippen LogP contribution is -2.31. The Hall–Kier alpha value is -0.450. The molecule has 0 radical (unpaired) electrons. The molecule has 0 aliphatic heterocycles. The molecule has 0 fully saturated rings. The molecule has 1 rings (SSSR count). The molecule has 1 aromatic rings. The van der Waals surface area contributed by atoms with Gasteiger partial charge in [0, 0.05) is 11.3 Å². The zero-order valence-electron chi connectivity index (χ0n) is 9.92. The maximum absolute atomic E-state index is 10.1. The number of nitrogens with one attached hydrogen (secondary N) is 1. The first-order chi connectivity index (χ1) is 6.94. The highest BCUT2D eigenvalue weighted by Gasteiger charge is 2.22. The highest BCUT2D eigenvalue weighted by Crippen LogP contribution is 2.22. The van der Waals surface area contributed by atoms with Crippen molar-refractivity contribution >= 4 is 11.3 Å². The van der Waals surface area contributed by atoms with Crippen LogP contribution in [0.15, 0.2) is 0 Å². The van der Waals surface area contributed by atoms with Gasteiger partial charge in [-0.15, -0.1) is 11.3 Å². The van der Waals surface area contributed by atoms with Crippen molar-refractivity contribution in [2.75, 3.05) is 13.6 Å². The number of rotatable bonds is 5. The predicted molar refractivity (Wildman–Crippen MR) is 64.5 cm³/mol. The van der Waals surface area contributed by atoms with Crippen LogP contribution >= 0.6 is 11.3 Å². The fourth-order valence-corrected chi connectivity index (χ4v) is 2.54. The minimum atomic E-state index is -0.653. The summed E-state index contributed by atoms with van der Waals surface area (Å²) in [5.74, 6) is 0. The van der Waals surface area contributed by atoms with E-state index in [1.165, 1.54) is 4.88 Å². The van der Waals surface area contributed by atoms with Crippen molar-refractivity contribution < 1.29 is 5.11 Å². The fraction of sp³-hybridized carbons (Fsp3) is 0.727. The first-order valence-corrected chi connectivity index (χ1v) is 6.06. The summed E-state index contributed by atoms with van der Waals surface area (Å²) in [5.41, 5.74) is 0.430. The van der Waals surface area contributed by atoms with E-state index in [-0.39, 0.29) is 0 Å². The first-order valence-electron chi connectivity index (χ1n) is 5.24. The lowest BCUT2D eigenvalue weighted by atomic mass is 9.99. The van der Waals surface area contributed by atoms with Crippen molar-refractivity contribution in [3.8, 4) is 0 Å². The third kappa shape index (κ3) is 3.89. The maximum atomic E-state index is 10.1. The maximum Gasteiger partial charge on any atom is 0.0959 e. The number of nitrogens with zero attached hydrogens (tertiary/aromatic N) is 1. The van der Waals surface area contributed by atoms with Crippen LogP contribution in [0.4, 0.5) is 0 Å². The van der Waals surface area contributed by atoms with Crippen molar-refractivity contribution in [2.45, 2.75) is 39.2 Å². The third-order valence-electron chi connectivity index (χ3n) is 2.52. The van der Waals surface area contributed by atoms with Crippen LogP contribution in [0.25, 0.3) is 0 Å². The van der Waals surface area contributed by atoms with Crippen molar-refractivity contribution in [2.24, 2.45) is 0 Å². The zero-order valence-corrected chi connectivity index (χ0v) is 10.7. The van der Waals surface area contributed by atoms with Crippen LogP contribution in [0.3, 0.4) is 0 Å². The second-order valence-electron chi connectivity index (χ2n) is 4.28. The van der Waals surface area contributed by atoms with E-state index in [0.717, 1.165) is 23.7 Å². The summed E-state index contributed by atoms with van der Waals surface area (Å²) in [5, 5.41) is 14.2. The average molecular weight is 228 g/mol. The number of aryl methyl sites for hydroxylation is 2. The van der Waals surface area contributed by atoms with Gasteiger partial charge < -0.3 is 10.4 Å². The molecule has 0 saturated carbocycles. The summed E-state index contributed by atoms with van der Waals surface area (Å²) in [6.07, 6.45) is 1.40. The molecule has 1 aromatic heterocycles. The Morgan fingerprint density at radius 2 is 2.13 bits per heavy atom. The molecule has 0 amide bonds. The molecule has 1 atom stereocenters. The van der Waals surface area contributed by atoms with Crippen LogP contribution in [-0.4, -0.2) is 29.3 Å². The van der Waals surface area contributed by atoms with Crippen molar-refractivity contribution in [1.82, 2.24) is 10.3 Å². The molecule has 4 heteroatoms. The summed E-state index contributed by atoms with van der Waals surface area (Å²) >= 11 is 1.68. The highest BCUT2D eigenvalue weighted by atomic mass is 32.1. The molecule has 0 aliphatic rings. The van der Waals surface area contributed by atoms with Gasteiger partial charge in [0.05, 0.1) is 16.3 Å². The van der Waals surface area contributed by atoms with Gasteiger partial charge in [-0.1, -0.05) is 0 Å². The smallest absolute Gasteiger partial charge is 0.0959 e. The summed E-state index contributed by atoms with van der Waals surface area (Å²) in [7, 11) is 1.90. The number of hydrogen-bond acceptors (Lipinski definition) is 4. The quantitative estimate of drug-likeness (QED) is 0.805. The van der Waals surface area contributed by atoms with E-state index >= 15 is 0 Å². The van der Waals surface area contributed by atoms with Gasteiger partial charge in [-0.2, -0.15) is 0 Å². The second kappa shape index (κ2) is 5.05. The molecule has 0 spiro atoms. The molecule has 1 unspecified atom stereocenters. The van der Waals surface area contributed by atoms with Gasteiger partial charge in [-0.3, -0.25) is 0 Å². The fourth-order valence-electron chi connectivity index (χ4n) is 1.42. The molecule has 0 saturated heterocycles. The van der Waals surface area contributed by atoms with E-state index in [1.807, 2.05) is 20.9 Å². The molecule has 0 bridgehead atoms. The third-order valence-corrected chi connectivity index (χ3v) is 3.59. The zero-order chi connectivity index (χ0) is 11.5. The molecular weight excluding hydrogens is 208 g/mol. The molecule has 86 valence electrons. The first kappa shape index (κ1) is 12.6. The molecule has 1 heterocycles. The van der Waals surface area contributed by atoms with Gasteiger partial charge in [0.15, 0.2) is 0 Å². The lowest BCUT2D eigenvalue weighted by molar-refractivity contribution is 0.0520. The SMILES string of the molecule is CNCCC(C)(O)Cc1nc(C)c(C)s1. The van der Waals surface area contributed by atoms with Crippen LogP contribution in [-0.2, 0) is 6.42 Å². The molecule has 15 heavy (non-hydrogen) atoms. The Balaban J connectivity index is 2.60. The molecular formula is C11H20N2OS. The van der Waals surface area contributed by atoms with Crippen LogP contribution < -0.4 is 5.32 Å². The minimum absolute atomic E-state index is 0.647. The van der Waals surface area contributed by atoms with E-state index in [2.05, 4.69) is 17.2 Å². The van der Waals surface area contributed by atoms with Crippen LogP contribution in [0.5, 0.6) is 0 Å². The number of hydrogen-bond donors (Lipinski definition) is 2. The van der Waals surface area contributed by atoms with Crippen molar-refractivity contribution in [3.05, 3.63) is 15.6 Å². The summed E-state index contributed by atoms with van der Waals surface area (Å²) in [6.45, 7) is 6.78. The summed E-state index contributed by atoms with van der Waals surface area (Å²) < 4.78 is 0. The Labute approximate surface area is 95.6 Å². The van der Waals surface area contributed by atoms with E-state index < -0.39 is 5.60 Å². The Morgan fingerprint density at radius 3 is 2.60 bits per heavy atom.